The monoisotopic (exact) mass is 413 g/mol. The lowest BCUT2D eigenvalue weighted by Gasteiger charge is -2.14. The van der Waals surface area contributed by atoms with E-state index in [1.165, 1.54) is 15.5 Å². The first kappa shape index (κ1) is 20.7. The number of aliphatic hydroxyl groups excluding tert-OH is 2. The van der Waals surface area contributed by atoms with Gasteiger partial charge in [-0.3, -0.25) is 18.9 Å². The maximum absolute atomic E-state index is 12.0. The van der Waals surface area contributed by atoms with Crippen LogP contribution in [0.1, 0.15) is 6.23 Å². The van der Waals surface area contributed by atoms with Gasteiger partial charge in [-0.15, -0.1) is 0 Å². The van der Waals surface area contributed by atoms with Crippen molar-refractivity contribution in [3.63, 3.8) is 0 Å². The summed E-state index contributed by atoms with van der Waals surface area (Å²) >= 11 is 0. The van der Waals surface area contributed by atoms with Gasteiger partial charge in [0.15, 0.2) is 6.33 Å². The number of H-pyrrole nitrogens is 1. The van der Waals surface area contributed by atoms with Gasteiger partial charge in [0.2, 0.25) is 11.7 Å². The second-order valence-electron chi connectivity index (χ2n) is 5.59. The van der Waals surface area contributed by atoms with E-state index in [2.05, 4.69) is 14.5 Å². The van der Waals surface area contributed by atoms with Gasteiger partial charge >= 0.3 is 13.5 Å². The van der Waals surface area contributed by atoms with Gasteiger partial charge in [0.05, 0.1) is 13.7 Å². The minimum atomic E-state index is -4.76. The quantitative estimate of drug-likeness (QED) is 0.207. The number of imidazole rings is 1. The number of rotatable bonds is 4. The SMILES string of the molecule is Cn1c[n+]([C@@H]2O[C@H](COP(=O)(O)O)[C@@H](O)[C@H]2O)c2nc(N)[nH]c(=O)c21.[Cl-]. The number of nitrogen functional groups attached to an aromatic ring is 1. The Hall–Kier alpha value is -1.57. The highest BCUT2D eigenvalue weighted by molar-refractivity contribution is 7.46. The Morgan fingerprint density at radius 1 is 1.46 bits per heavy atom. The molecule has 15 heteroatoms. The van der Waals surface area contributed by atoms with E-state index < -0.39 is 44.5 Å². The molecule has 1 saturated heterocycles. The van der Waals surface area contributed by atoms with Crippen LogP contribution in [0.2, 0.25) is 0 Å². The number of nitrogens with one attached hydrogen (secondary N) is 1. The first-order valence-electron chi connectivity index (χ1n) is 7.06. The van der Waals surface area contributed by atoms with Crippen molar-refractivity contribution in [3.8, 4) is 0 Å². The molecule has 0 aliphatic carbocycles. The normalized spacial score (nSPS) is 26.2. The third-order valence-corrected chi connectivity index (χ3v) is 4.29. The minimum Gasteiger partial charge on any atom is -1.00 e. The molecule has 13 nitrogen and oxygen atoms in total. The molecule has 4 atom stereocenters. The van der Waals surface area contributed by atoms with Crippen LogP contribution in [0.15, 0.2) is 11.1 Å². The number of ether oxygens (including phenoxy) is 1. The van der Waals surface area contributed by atoms with Gasteiger partial charge in [0, 0.05) is 0 Å². The van der Waals surface area contributed by atoms with Crippen molar-refractivity contribution in [2.45, 2.75) is 24.5 Å². The third-order valence-electron chi connectivity index (χ3n) is 3.81. The van der Waals surface area contributed by atoms with Gasteiger partial charge in [0.1, 0.15) is 18.3 Å². The van der Waals surface area contributed by atoms with Crippen LogP contribution in [-0.2, 0) is 20.9 Å². The number of hydrogen-bond donors (Lipinski definition) is 6. The molecule has 3 heterocycles. The molecule has 146 valence electrons. The van der Waals surface area contributed by atoms with Gasteiger partial charge in [-0.2, -0.15) is 0 Å². The zero-order valence-corrected chi connectivity index (χ0v) is 14.9. The fraction of sp³-hybridized carbons (Fsp3) is 0.545. The number of anilines is 1. The Bertz CT molecular complexity index is 912. The summed E-state index contributed by atoms with van der Waals surface area (Å²) in [5.41, 5.74) is 5.31. The highest BCUT2D eigenvalue weighted by atomic mass is 35.5. The number of aromatic amines is 1. The number of hydrogen-bond acceptors (Lipinski definition) is 8. The second-order valence-corrected chi connectivity index (χ2v) is 6.83. The standard InChI is InChI=1S/C11H16N5O8P.ClH/c1-15-3-16(8-5(15)9(19)14-11(12)13-8)10-7(18)6(17)4(24-10)2-23-25(20,21)22;/h3-4,6-7,10,17-18H,2H2,1H3,(H4-,12,13,14,19,20,21,22);1H/t4-,6-,7-,10-;/m1./s1. The van der Waals surface area contributed by atoms with E-state index in [0.717, 1.165) is 0 Å². The number of halogens is 1. The largest absolute Gasteiger partial charge is 1.00 e. The molecule has 0 unspecified atom stereocenters. The minimum absolute atomic E-state index is 0. The maximum Gasteiger partial charge on any atom is 0.469 e. The summed E-state index contributed by atoms with van der Waals surface area (Å²) in [5.74, 6) is -0.146. The van der Waals surface area contributed by atoms with Gasteiger partial charge in [-0.05, 0) is 0 Å². The van der Waals surface area contributed by atoms with Crippen molar-refractivity contribution in [3.05, 3.63) is 16.7 Å². The summed E-state index contributed by atoms with van der Waals surface area (Å²) in [6, 6.07) is 0. The third kappa shape index (κ3) is 3.75. The Balaban J connectivity index is 0.00000243. The summed E-state index contributed by atoms with van der Waals surface area (Å²) in [4.78, 5) is 35.8. The van der Waals surface area contributed by atoms with E-state index in [0.29, 0.717) is 0 Å². The number of phosphoric ester groups is 1. The number of nitrogens with two attached hydrogens (primary N) is 1. The van der Waals surface area contributed by atoms with Gasteiger partial charge < -0.3 is 42.9 Å². The van der Waals surface area contributed by atoms with Crippen molar-refractivity contribution >= 4 is 24.9 Å². The molecule has 0 spiro atoms. The van der Waals surface area contributed by atoms with Gasteiger partial charge in [-0.25, -0.2) is 9.13 Å². The van der Waals surface area contributed by atoms with E-state index >= 15 is 0 Å². The maximum atomic E-state index is 12.0. The summed E-state index contributed by atoms with van der Waals surface area (Å²) in [6.45, 7) is -0.638. The van der Waals surface area contributed by atoms with Crippen LogP contribution in [0.4, 0.5) is 5.95 Å². The molecule has 2 aromatic rings. The van der Waals surface area contributed by atoms with Crippen LogP contribution in [0.5, 0.6) is 0 Å². The zero-order chi connectivity index (χ0) is 18.5. The number of aromatic nitrogens is 4. The van der Waals surface area contributed by atoms with Gasteiger partial charge in [-0.1, -0.05) is 4.98 Å². The Morgan fingerprint density at radius 2 is 2.12 bits per heavy atom. The highest BCUT2D eigenvalue weighted by Gasteiger charge is 2.47. The molecule has 0 amide bonds. The predicted octanol–water partition coefficient (Wildman–Crippen LogP) is -6.14. The van der Waals surface area contributed by atoms with Crippen LogP contribution >= 0.6 is 7.82 Å². The topological polar surface area (TPSA) is 197 Å². The molecule has 1 aliphatic heterocycles. The van der Waals surface area contributed by atoms with Crippen molar-refractivity contribution < 1.29 is 50.8 Å². The molecular weight excluding hydrogens is 397 g/mol. The average Bonchev–Trinajstić information content (AvgIpc) is 2.95. The summed E-state index contributed by atoms with van der Waals surface area (Å²) in [5, 5.41) is 20.3. The number of aliphatic hydroxyl groups is 2. The summed E-state index contributed by atoms with van der Waals surface area (Å²) in [6.07, 6.45) is -3.88. The van der Waals surface area contributed by atoms with Crippen LogP contribution in [0.25, 0.3) is 11.2 Å². The first-order valence-corrected chi connectivity index (χ1v) is 8.59. The fourth-order valence-corrected chi connectivity index (χ4v) is 3.06. The summed E-state index contributed by atoms with van der Waals surface area (Å²) in [7, 11) is -3.19. The zero-order valence-electron chi connectivity index (χ0n) is 13.3. The van der Waals surface area contributed by atoms with Crippen molar-refractivity contribution in [1.82, 2.24) is 14.5 Å². The molecule has 0 saturated carbocycles. The number of nitrogens with zero attached hydrogens (tertiary/aromatic N) is 3. The second kappa shape index (κ2) is 7.21. The molecule has 3 rings (SSSR count). The van der Waals surface area contributed by atoms with Crippen LogP contribution < -0.4 is 28.3 Å². The smallest absolute Gasteiger partial charge is 0.469 e. The molecule has 1 aliphatic rings. The number of phosphoric acid groups is 1. The Labute approximate surface area is 151 Å². The molecule has 0 radical (unpaired) electrons. The highest BCUT2D eigenvalue weighted by Crippen LogP contribution is 2.37. The molecule has 26 heavy (non-hydrogen) atoms. The summed E-state index contributed by atoms with van der Waals surface area (Å²) < 4.78 is 23.3. The van der Waals surface area contributed by atoms with E-state index in [9.17, 15) is 19.6 Å². The Morgan fingerprint density at radius 3 is 2.73 bits per heavy atom. The van der Waals surface area contributed by atoms with E-state index in [1.54, 1.807) is 7.05 Å². The van der Waals surface area contributed by atoms with Crippen LogP contribution in [0, 0.1) is 0 Å². The van der Waals surface area contributed by atoms with E-state index in [-0.39, 0.29) is 29.5 Å². The average molecular weight is 414 g/mol. The molecule has 2 aromatic heterocycles. The molecular formula is C11H17ClN5O8P. The molecule has 7 N–H and O–H groups in total. The van der Waals surface area contributed by atoms with Crippen molar-refractivity contribution in [2.75, 3.05) is 12.3 Å². The van der Waals surface area contributed by atoms with Crippen LogP contribution in [0.3, 0.4) is 0 Å². The lowest BCUT2D eigenvalue weighted by molar-refractivity contribution is -0.745. The van der Waals surface area contributed by atoms with Crippen LogP contribution in [-0.4, -0.2) is 59.5 Å². The molecule has 1 fully saturated rings. The van der Waals surface area contributed by atoms with Gasteiger partial charge in [0.25, 0.3) is 11.5 Å². The number of fused-ring (bicyclic) bond motifs is 1. The fourth-order valence-electron chi connectivity index (χ4n) is 2.72. The molecule has 0 aromatic carbocycles. The first-order chi connectivity index (χ1) is 11.6. The lowest BCUT2D eigenvalue weighted by atomic mass is 10.1. The van der Waals surface area contributed by atoms with E-state index in [1.807, 2.05) is 0 Å². The van der Waals surface area contributed by atoms with Crippen molar-refractivity contribution in [1.29, 1.82) is 0 Å². The Kier molecular flexibility index (Phi) is 5.75. The predicted molar refractivity (Wildman–Crippen MR) is 79.9 cm³/mol. The van der Waals surface area contributed by atoms with E-state index in [4.69, 9.17) is 20.3 Å². The lowest BCUT2D eigenvalue weighted by Crippen LogP contribution is -3.00. The number of aryl methyl sites for hydroxylation is 1. The molecule has 0 bridgehead atoms. The van der Waals surface area contributed by atoms with Crippen molar-refractivity contribution in [2.24, 2.45) is 7.05 Å².